The molecule has 2 aromatic rings. The van der Waals surface area contributed by atoms with E-state index in [-0.39, 0.29) is 31.5 Å². The lowest BCUT2D eigenvalue weighted by atomic mass is 9.95. The maximum absolute atomic E-state index is 12.6. The van der Waals surface area contributed by atoms with Crippen LogP contribution < -0.4 is 0 Å². The van der Waals surface area contributed by atoms with Crippen LogP contribution in [0.15, 0.2) is 22.8 Å². The zero-order valence-corrected chi connectivity index (χ0v) is 14.5. The minimum absolute atomic E-state index is 0.0834. The molecule has 1 aliphatic heterocycles. The first-order valence-corrected chi connectivity index (χ1v) is 8.49. The number of aryl methyl sites for hydroxylation is 1. The Hall–Kier alpha value is -1.85. The third-order valence-corrected chi connectivity index (χ3v) is 4.93. The normalized spacial score (nSPS) is 21.2. The number of nitrogens with zero attached hydrogens (tertiary/aromatic N) is 1. The van der Waals surface area contributed by atoms with E-state index >= 15 is 0 Å². The number of hydrogen-bond acceptors (Lipinski definition) is 4. The molecule has 0 saturated carbocycles. The van der Waals surface area contributed by atoms with Gasteiger partial charge in [0.1, 0.15) is 5.58 Å². The maximum atomic E-state index is 12.6. The lowest BCUT2D eigenvalue weighted by Gasteiger charge is -2.22. The number of hydrogen-bond donors (Lipinski definition) is 2. The fourth-order valence-corrected chi connectivity index (χ4v) is 3.64. The molecule has 0 bridgehead atoms. The molecule has 130 valence electrons. The van der Waals surface area contributed by atoms with E-state index in [1.54, 1.807) is 11.2 Å². The second-order valence-corrected chi connectivity index (χ2v) is 7.07. The zero-order valence-electron chi connectivity index (χ0n) is 14.5. The number of fused-ring (bicyclic) bond motifs is 1. The van der Waals surface area contributed by atoms with Crippen LogP contribution in [-0.2, 0) is 11.2 Å². The first kappa shape index (κ1) is 17.0. The summed E-state index contributed by atoms with van der Waals surface area (Å²) in [4.78, 5) is 14.2. The van der Waals surface area contributed by atoms with Crippen molar-refractivity contribution in [2.75, 3.05) is 13.2 Å². The predicted octanol–water partition coefficient (Wildman–Crippen LogP) is 2.36. The van der Waals surface area contributed by atoms with Gasteiger partial charge in [-0.1, -0.05) is 13.8 Å². The molecule has 5 heteroatoms. The molecule has 1 aromatic heterocycles. The number of carbonyl (C=O) groups is 1. The third kappa shape index (κ3) is 3.06. The van der Waals surface area contributed by atoms with E-state index in [4.69, 9.17) is 4.42 Å². The molecule has 0 spiro atoms. The molecule has 0 radical (unpaired) electrons. The van der Waals surface area contributed by atoms with Gasteiger partial charge >= 0.3 is 0 Å². The highest BCUT2D eigenvalue weighted by atomic mass is 16.3. The summed E-state index contributed by atoms with van der Waals surface area (Å²) in [6.45, 7) is 6.54. The second-order valence-electron chi connectivity index (χ2n) is 7.07. The van der Waals surface area contributed by atoms with Gasteiger partial charge in [0.15, 0.2) is 0 Å². The van der Waals surface area contributed by atoms with Crippen molar-refractivity contribution in [3.63, 3.8) is 0 Å². The second kappa shape index (κ2) is 6.57. The Morgan fingerprint density at radius 3 is 2.83 bits per heavy atom. The minimum Gasteiger partial charge on any atom is -0.464 e. The summed E-state index contributed by atoms with van der Waals surface area (Å²) in [5.74, 6) is 0.320. The highest BCUT2D eigenvalue weighted by Gasteiger charge is 2.33. The Balaban J connectivity index is 1.87. The standard InChI is InChI=1S/C19H25NO4/c1-11(2)16-7-17-13(10-24-18(17)4-12(16)3)5-19(23)20-8-15(22)6-14(20)9-21/h4,7,10-11,14-15,21-22H,5-6,8-9H2,1-3H3/t14-,15+/m0/s1. The van der Waals surface area contributed by atoms with Crippen molar-refractivity contribution in [3.8, 4) is 0 Å². The fraction of sp³-hybridized carbons (Fsp3) is 0.526. The topological polar surface area (TPSA) is 73.9 Å². The molecule has 1 aromatic carbocycles. The number of amides is 1. The lowest BCUT2D eigenvalue weighted by molar-refractivity contribution is -0.132. The summed E-state index contributed by atoms with van der Waals surface area (Å²) in [5, 5.41) is 20.1. The van der Waals surface area contributed by atoms with Crippen molar-refractivity contribution in [2.45, 2.75) is 51.7 Å². The number of rotatable bonds is 4. The largest absolute Gasteiger partial charge is 0.464 e. The van der Waals surface area contributed by atoms with Gasteiger partial charge in [-0.15, -0.1) is 0 Å². The number of carbonyl (C=O) groups excluding carboxylic acids is 1. The molecule has 0 aliphatic carbocycles. The van der Waals surface area contributed by atoms with Crippen molar-refractivity contribution in [1.29, 1.82) is 0 Å². The van der Waals surface area contributed by atoms with Crippen LogP contribution in [0.4, 0.5) is 0 Å². The fourth-order valence-electron chi connectivity index (χ4n) is 3.64. The summed E-state index contributed by atoms with van der Waals surface area (Å²) >= 11 is 0. The van der Waals surface area contributed by atoms with Gasteiger partial charge in [-0.3, -0.25) is 4.79 Å². The van der Waals surface area contributed by atoms with Gasteiger partial charge in [-0.05, 0) is 42.5 Å². The molecule has 2 heterocycles. The molecule has 0 unspecified atom stereocenters. The van der Waals surface area contributed by atoms with Crippen LogP contribution >= 0.6 is 0 Å². The van der Waals surface area contributed by atoms with E-state index in [0.29, 0.717) is 12.3 Å². The van der Waals surface area contributed by atoms with Crippen molar-refractivity contribution < 1.29 is 19.4 Å². The first-order valence-electron chi connectivity index (χ1n) is 8.49. The summed E-state index contributed by atoms with van der Waals surface area (Å²) < 4.78 is 5.63. The number of β-amino-alcohol motifs (C(OH)–C–C–N with tert-alkyl or cyclic N) is 1. The number of aliphatic hydroxyl groups excluding tert-OH is 2. The van der Waals surface area contributed by atoms with Gasteiger partial charge in [-0.25, -0.2) is 0 Å². The highest BCUT2D eigenvalue weighted by Crippen LogP contribution is 2.30. The Labute approximate surface area is 141 Å². The molecule has 3 rings (SSSR count). The first-order chi connectivity index (χ1) is 11.4. The molecule has 2 atom stereocenters. The quantitative estimate of drug-likeness (QED) is 0.902. The summed E-state index contributed by atoms with van der Waals surface area (Å²) in [7, 11) is 0. The smallest absolute Gasteiger partial charge is 0.227 e. The van der Waals surface area contributed by atoms with Crippen LogP contribution in [-0.4, -0.2) is 46.3 Å². The van der Waals surface area contributed by atoms with Crippen LogP contribution in [0.25, 0.3) is 11.0 Å². The van der Waals surface area contributed by atoms with Crippen molar-refractivity contribution in [3.05, 3.63) is 35.1 Å². The number of aliphatic hydroxyl groups is 2. The molecule has 1 aliphatic rings. The van der Waals surface area contributed by atoms with E-state index in [1.807, 2.05) is 6.07 Å². The molecule has 1 fully saturated rings. The average Bonchev–Trinajstić information content (AvgIpc) is 3.09. The minimum atomic E-state index is -0.553. The van der Waals surface area contributed by atoms with E-state index in [1.165, 1.54) is 11.1 Å². The van der Waals surface area contributed by atoms with Gasteiger partial charge < -0.3 is 19.5 Å². The van der Waals surface area contributed by atoms with Crippen LogP contribution in [0, 0.1) is 6.92 Å². The van der Waals surface area contributed by atoms with Crippen LogP contribution in [0.5, 0.6) is 0 Å². The number of likely N-dealkylation sites (tertiary alicyclic amines) is 1. The number of benzene rings is 1. The Bertz CT molecular complexity index is 749. The number of furan rings is 1. The average molecular weight is 331 g/mol. The van der Waals surface area contributed by atoms with Gasteiger partial charge in [0, 0.05) is 17.5 Å². The Kier molecular flexibility index (Phi) is 4.65. The van der Waals surface area contributed by atoms with E-state index in [0.717, 1.165) is 16.5 Å². The molecular weight excluding hydrogens is 306 g/mol. The molecular formula is C19H25NO4. The third-order valence-electron chi connectivity index (χ3n) is 4.93. The molecule has 5 nitrogen and oxygen atoms in total. The van der Waals surface area contributed by atoms with E-state index in [2.05, 4.69) is 26.8 Å². The zero-order chi connectivity index (χ0) is 17.4. The van der Waals surface area contributed by atoms with Crippen molar-refractivity contribution in [2.24, 2.45) is 0 Å². The summed E-state index contributed by atoms with van der Waals surface area (Å²) in [6.07, 6.45) is 1.75. The van der Waals surface area contributed by atoms with E-state index in [9.17, 15) is 15.0 Å². The highest BCUT2D eigenvalue weighted by molar-refractivity contribution is 5.88. The van der Waals surface area contributed by atoms with Crippen LogP contribution in [0.1, 0.15) is 42.9 Å². The molecule has 1 amide bonds. The summed E-state index contributed by atoms with van der Waals surface area (Å²) in [6, 6.07) is 3.85. The van der Waals surface area contributed by atoms with Gasteiger partial charge in [0.05, 0.1) is 31.4 Å². The molecule has 1 saturated heterocycles. The molecule has 24 heavy (non-hydrogen) atoms. The van der Waals surface area contributed by atoms with Gasteiger partial charge in [-0.2, -0.15) is 0 Å². The van der Waals surface area contributed by atoms with Crippen molar-refractivity contribution in [1.82, 2.24) is 4.90 Å². The van der Waals surface area contributed by atoms with Gasteiger partial charge in [0.25, 0.3) is 0 Å². The molecule has 2 N–H and O–H groups in total. The SMILES string of the molecule is Cc1cc2occ(CC(=O)N3C[C@H](O)C[C@H]3CO)c2cc1C(C)C. The van der Waals surface area contributed by atoms with E-state index < -0.39 is 6.10 Å². The van der Waals surface area contributed by atoms with Crippen LogP contribution in [0.2, 0.25) is 0 Å². The summed E-state index contributed by atoms with van der Waals surface area (Å²) in [5.41, 5.74) is 4.09. The van der Waals surface area contributed by atoms with Gasteiger partial charge in [0.2, 0.25) is 5.91 Å². The van der Waals surface area contributed by atoms with Crippen LogP contribution in [0.3, 0.4) is 0 Å². The Morgan fingerprint density at radius 2 is 2.17 bits per heavy atom. The monoisotopic (exact) mass is 331 g/mol. The lowest BCUT2D eigenvalue weighted by Crippen LogP contribution is -2.38. The maximum Gasteiger partial charge on any atom is 0.227 e. The van der Waals surface area contributed by atoms with Crippen molar-refractivity contribution >= 4 is 16.9 Å². The predicted molar refractivity (Wildman–Crippen MR) is 92.0 cm³/mol. The Morgan fingerprint density at radius 1 is 1.42 bits per heavy atom.